The van der Waals surface area contributed by atoms with Crippen molar-refractivity contribution in [2.45, 2.75) is 69.9 Å². The number of hydrogen-bond acceptors (Lipinski definition) is 2. The zero-order valence-electron chi connectivity index (χ0n) is 33.4. The predicted octanol–water partition coefficient (Wildman–Crippen LogP) is 14.3. The van der Waals surface area contributed by atoms with Crippen molar-refractivity contribution >= 4 is 44.3 Å². The molecule has 0 aromatic heterocycles. The molecule has 8 aromatic rings. The van der Waals surface area contributed by atoms with E-state index < -0.39 is 0 Å². The maximum absolute atomic E-state index is 2.65. The van der Waals surface area contributed by atoms with E-state index in [1.54, 1.807) is 0 Å². The molecule has 0 spiro atoms. The maximum atomic E-state index is 2.65. The van der Waals surface area contributed by atoms with Gasteiger partial charge in [-0.2, -0.15) is 0 Å². The van der Waals surface area contributed by atoms with Crippen molar-refractivity contribution < 1.29 is 0 Å². The van der Waals surface area contributed by atoms with Crippen LogP contribution in [0.25, 0.3) is 32.7 Å². The highest BCUT2D eigenvalue weighted by atomic mass is 15.2. The normalized spacial score (nSPS) is 19.5. The molecule has 0 fully saturated rings. The van der Waals surface area contributed by atoms with Crippen LogP contribution in [0.1, 0.15) is 73.9 Å². The van der Waals surface area contributed by atoms with Gasteiger partial charge in [0.15, 0.2) is 0 Å². The summed E-state index contributed by atoms with van der Waals surface area (Å²) in [7, 11) is 0. The van der Waals surface area contributed by atoms with Crippen molar-refractivity contribution in [1.82, 2.24) is 0 Å². The fourth-order valence-corrected chi connectivity index (χ4v) is 11.1. The Labute approximate surface area is 337 Å². The van der Waals surface area contributed by atoms with Gasteiger partial charge in [-0.1, -0.05) is 149 Å². The summed E-state index contributed by atoms with van der Waals surface area (Å²) in [6.07, 6.45) is 4.08. The first kappa shape index (κ1) is 34.2. The van der Waals surface area contributed by atoms with E-state index >= 15 is 0 Å². The molecule has 0 radical (unpaired) electrons. The van der Waals surface area contributed by atoms with Crippen LogP contribution in [0.4, 0.5) is 22.7 Å². The Balaban J connectivity index is 1.03. The summed E-state index contributed by atoms with van der Waals surface area (Å²) in [6.45, 7) is 9.69. The van der Waals surface area contributed by atoms with Crippen LogP contribution in [0.3, 0.4) is 0 Å². The Bertz CT molecular complexity index is 2680. The highest BCUT2D eigenvalue weighted by Gasteiger charge is 2.52. The molecular weight excluding hydrogens is 689 g/mol. The molecule has 2 nitrogen and oxygen atoms in total. The van der Waals surface area contributed by atoms with Crippen LogP contribution in [0.2, 0.25) is 0 Å². The zero-order chi connectivity index (χ0) is 38.5. The monoisotopic (exact) mass is 736 g/mol. The largest absolute Gasteiger partial charge is 0.331 e. The summed E-state index contributed by atoms with van der Waals surface area (Å²) in [4.78, 5) is 5.29. The second-order valence-electron chi connectivity index (χ2n) is 17.3. The number of nitrogens with zero attached hydrogens (tertiary/aromatic N) is 2. The van der Waals surface area contributed by atoms with E-state index in [0.717, 1.165) is 25.7 Å². The highest BCUT2D eigenvalue weighted by molar-refractivity contribution is 5.90. The quantitative estimate of drug-likeness (QED) is 0.153. The van der Waals surface area contributed by atoms with Gasteiger partial charge in [0.25, 0.3) is 0 Å². The third kappa shape index (κ3) is 4.83. The number of para-hydroxylation sites is 2. The summed E-state index contributed by atoms with van der Waals surface area (Å²) >= 11 is 0. The molecule has 0 amide bonds. The molecule has 2 heteroatoms. The summed E-state index contributed by atoms with van der Waals surface area (Å²) in [5.41, 5.74) is 16.3. The molecule has 2 unspecified atom stereocenters. The number of benzene rings is 8. The average molecular weight is 737 g/mol. The van der Waals surface area contributed by atoms with E-state index in [1.807, 2.05) is 0 Å². The molecule has 0 saturated heterocycles. The molecule has 0 aliphatic heterocycles. The molecule has 8 aromatic carbocycles. The Hall–Kier alpha value is -6.12. The third-order valence-corrected chi connectivity index (χ3v) is 14.1. The molecule has 0 heterocycles. The van der Waals surface area contributed by atoms with Crippen LogP contribution in [-0.2, 0) is 29.3 Å². The fourth-order valence-electron chi connectivity index (χ4n) is 11.1. The van der Waals surface area contributed by atoms with Crippen LogP contribution in [-0.4, -0.2) is 0 Å². The van der Waals surface area contributed by atoms with Crippen molar-refractivity contribution in [3.05, 3.63) is 203 Å². The van der Waals surface area contributed by atoms with Crippen LogP contribution in [0, 0.1) is 0 Å². The van der Waals surface area contributed by atoms with Crippen LogP contribution in [0.15, 0.2) is 170 Å². The van der Waals surface area contributed by atoms with Crippen molar-refractivity contribution in [3.63, 3.8) is 0 Å². The lowest BCUT2D eigenvalue weighted by Gasteiger charge is -2.53. The molecular formula is C55H48N2. The fraction of sp³-hybridized carbons (Fsp3) is 0.200. The first-order chi connectivity index (χ1) is 27.8. The zero-order valence-corrected chi connectivity index (χ0v) is 33.4. The van der Waals surface area contributed by atoms with Gasteiger partial charge in [-0.25, -0.2) is 0 Å². The second-order valence-corrected chi connectivity index (χ2v) is 17.3. The van der Waals surface area contributed by atoms with Gasteiger partial charge in [0.1, 0.15) is 0 Å². The molecule has 3 aliphatic carbocycles. The smallest absolute Gasteiger partial charge is 0.0743 e. The summed E-state index contributed by atoms with van der Waals surface area (Å²) in [5, 5.41) is 5.11. The highest BCUT2D eigenvalue weighted by Crippen LogP contribution is 2.60. The minimum atomic E-state index is -0.142. The van der Waals surface area contributed by atoms with Crippen LogP contribution < -0.4 is 9.80 Å². The lowest BCUT2D eigenvalue weighted by atomic mass is 9.65. The molecule has 0 saturated carbocycles. The van der Waals surface area contributed by atoms with Gasteiger partial charge >= 0.3 is 0 Å². The topological polar surface area (TPSA) is 6.48 Å². The molecule has 2 atom stereocenters. The summed E-state index contributed by atoms with van der Waals surface area (Å²) < 4.78 is 0. The van der Waals surface area contributed by atoms with Gasteiger partial charge in [0.2, 0.25) is 0 Å². The standard InChI is InChI=1S/C55H48N2/c1-5-54(56(43-21-9-7-10-22-43)45-27-25-37-17-13-15-19-39(37)29-45)35-41-31-47-48-32-42-36-55(6-2,50(42)34-52(48)53(3,4)51(47)33-49(41)54)57(44-23-11-8-12-24-44)46-28-26-38-18-14-16-20-40(38)30-46/h7-34H,5-6,35-36H2,1-4H3. The van der Waals surface area contributed by atoms with Crippen molar-refractivity contribution in [2.24, 2.45) is 0 Å². The maximum Gasteiger partial charge on any atom is 0.0743 e. The van der Waals surface area contributed by atoms with E-state index in [1.165, 1.54) is 88.8 Å². The number of fused-ring (bicyclic) bond motifs is 7. The van der Waals surface area contributed by atoms with Gasteiger partial charge in [0.05, 0.1) is 11.1 Å². The Morgan fingerprint density at radius 1 is 0.386 bits per heavy atom. The Kier molecular flexibility index (Phi) is 7.45. The van der Waals surface area contributed by atoms with E-state index in [0.29, 0.717) is 0 Å². The summed E-state index contributed by atoms with van der Waals surface area (Å²) in [6, 6.07) is 64.0. The predicted molar refractivity (Wildman–Crippen MR) is 240 cm³/mol. The molecule has 57 heavy (non-hydrogen) atoms. The molecule has 278 valence electrons. The van der Waals surface area contributed by atoms with Gasteiger partial charge < -0.3 is 9.80 Å². The average Bonchev–Trinajstić information content (AvgIpc) is 3.45. The number of hydrogen-bond donors (Lipinski definition) is 0. The summed E-state index contributed by atoms with van der Waals surface area (Å²) in [5.74, 6) is 0. The minimum absolute atomic E-state index is 0.139. The first-order valence-corrected chi connectivity index (χ1v) is 20.9. The molecule has 0 bridgehead atoms. The molecule has 0 N–H and O–H groups in total. The first-order valence-electron chi connectivity index (χ1n) is 20.9. The third-order valence-electron chi connectivity index (χ3n) is 14.1. The van der Waals surface area contributed by atoms with E-state index in [2.05, 4.69) is 207 Å². The van der Waals surface area contributed by atoms with E-state index in [4.69, 9.17) is 0 Å². The molecule has 3 aliphatic rings. The SMILES string of the molecule is CCC1(N(c2ccccc2)c2ccc3ccccc3c2)Cc2cc3c(cc21)C(C)(C)c1cc2c(cc1-3)CC2(CC)N(c1ccccc1)c1ccc2ccccc2c1. The van der Waals surface area contributed by atoms with Gasteiger partial charge in [0, 0.05) is 41.0 Å². The van der Waals surface area contributed by atoms with Crippen LogP contribution >= 0.6 is 0 Å². The second kappa shape index (κ2) is 12.4. The van der Waals surface area contributed by atoms with Crippen molar-refractivity contribution in [2.75, 3.05) is 9.80 Å². The van der Waals surface area contributed by atoms with Crippen molar-refractivity contribution in [1.29, 1.82) is 0 Å². The Morgan fingerprint density at radius 3 is 1.18 bits per heavy atom. The van der Waals surface area contributed by atoms with E-state index in [-0.39, 0.29) is 16.5 Å². The minimum Gasteiger partial charge on any atom is -0.331 e. The van der Waals surface area contributed by atoms with Gasteiger partial charge in [-0.05, 0) is 127 Å². The van der Waals surface area contributed by atoms with Gasteiger partial charge in [-0.15, -0.1) is 0 Å². The number of rotatable bonds is 8. The van der Waals surface area contributed by atoms with Gasteiger partial charge in [-0.3, -0.25) is 0 Å². The van der Waals surface area contributed by atoms with E-state index in [9.17, 15) is 0 Å². The molecule has 11 rings (SSSR count). The number of anilines is 4. The van der Waals surface area contributed by atoms with Crippen molar-refractivity contribution in [3.8, 4) is 11.1 Å². The lowest BCUT2D eigenvalue weighted by Crippen LogP contribution is -2.51. The Morgan fingerprint density at radius 2 is 0.772 bits per heavy atom. The lowest BCUT2D eigenvalue weighted by molar-refractivity contribution is 0.362. The van der Waals surface area contributed by atoms with Crippen LogP contribution in [0.5, 0.6) is 0 Å².